The van der Waals surface area contributed by atoms with E-state index in [0.29, 0.717) is 0 Å². The molecule has 0 spiro atoms. The molecule has 3 aromatic rings. The molecular formula is C24H2Br8F12N4Ni+2. The van der Waals surface area contributed by atoms with Crippen molar-refractivity contribution in [1.82, 2.24) is 19.9 Å². The topological polar surface area (TPSA) is 57.4 Å². The standard InChI is InChI=1S/C24H2Br8F12N4.Ni/c25-5-7(27)15-2(22(36,37)38)17-9(29)11(31)19(47-17)4(24(42,43)44)20-12(32)10(30)18(48-20)3(23(39,40)41)16-8(28)6(26)14(46-16)1(13(5)45-15)21(33,34)35;/h45-46H;/q;+2. The van der Waals surface area contributed by atoms with E-state index in [9.17, 15) is 52.7 Å². The Labute approximate surface area is 340 Å². The fraction of sp³-hybridized carbons (Fsp3) is 0.167. The van der Waals surface area contributed by atoms with Crippen LogP contribution in [0.2, 0.25) is 0 Å². The number of alkyl halides is 12. The molecule has 0 aromatic carbocycles. The van der Waals surface area contributed by atoms with Gasteiger partial charge in [0, 0.05) is 0 Å². The van der Waals surface area contributed by atoms with E-state index in [4.69, 9.17) is 0 Å². The largest absolute Gasteiger partial charge is 2.00 e. The third-order valence-electron chi connectivity index (χ3n) is 6.51. The minimum Gasteiger partial charge on any atom is -0.352 e. The fourth-order valence-electron chi connectivity index (χ4n) is 4.67. The molecule has 2 N–H and O–H groups in total. The van der Waals surface area contributed by atoms with Gasteiger partial charge in [-0.3, -0.25) is 0 Å². The van der Waals surface area contributed by atoms with Crippen LogP contribution in [0.15, 0.2) is 17.9 Å². The summed E-state index contributed by atoms with van der Waals surface area (Å²) in [6, 6.07) is 0. The van der Waals surface area contributed by atoms with Gasteiger partial charge >= 0.3 is 41.2 Å². The van der Waals surface area contributed by atoms with E-state index in [0.717, 1.165) is 0 Å². The Hall–Kier alpha value is 0.0935. The zero-order chi connectivity index (χ0) is 36.4. The molecule has 49 heavy (non-hydrogen) atoms. The molecule has 2 aliphatic rings. The number of fused-ring (bicyclic) bond motifs is 8. The Morgan fingerprint density at radius 2 is 0.551 bits per heavy atom. The molecule has 5 heterocycles. The molecule has 0 fully saturated rings. The Bertz CT molecular complexity index is 2040. The number of aromatic amines is 2. The maximum atomic E-state index is 14.8. The third kappa shape index (κ3) is 7.08. The van der Waals surface area contributed by atoms with Gasteiger partial charge in [0.05, 0.1) is 80.7 Å². The van der Waals surface area contributed by atoms with Crippen LogP contribution in [0.3, 0.4) is 0 Å². The number of rotatable bonds is 0. The predicted molar refractivity (Wildman–Crippen MR) is 181 cm³/mol. The Morgan fingerprint density at radius 1 is 0.347 bits per heavy atom. The molecule has 0 aliphatic carbocycles. The second-order valence-electron chi connectivity index (χ2n) is 9.37. The first-order chi connectivity index (χ1) is 21.7. The van der Waals surface area contributed by atoms with Gasteiger partial charge in [0.25, 0.3) is 0 Å². The number of hydrogen-bond donors (Lipinski definition) is 2. The molecule has 3 aromatic heterocycles. The van der Waals surface area contributed by atoms with Crippen LogP contribution in [-0.4, -0.2) is 19.9 Å². The number of halogens is 20. The molecule has 0 saturated heterocycles. The summed E-state index contributed by atoms with van der Waals surface area (Å²) >= 11 is 22.5. The van der Waals surface area contributed by atoms with Gasteiger partial charge in [-0.25, -0.2) is 9.97 Å². The number of aromatic nitrogens is 4. The first-order valence-electron chi connectivity index (χ1n) is 11.7. The van der Waals surface area contributed by atoms with E-state index in [1.54, 1.807) is 0 Å². The predicted octanol–water partition coefficient (Wildman–Crippen LogP) is 14.7. The summed E-state index contributed by atoms with van der Waals surface area (Å²) in [6.07, 6.45) is -21.9. The van der Waals surface area contributed by atoms with Crippen LogP contribution < -0.4 is 0 Å². The van der Waals surface area contributed by atoms with Gasteiger partial charge in [0.1, 0.15) is 22.3 Å². The van der Waals surface area contributed by atoms with Gasteiger partial charge in [0.15, 0.2) is 0 Å². The van der Waals surface area contributed by atoms with Crippen LogP contribution in [0.4, 0.5) is 52.7 Å². The molecule has 4 nitrogen and oxygen atoms in total. The monoisotopic (exact) mass is 1260 g/mol. The van der Waals surface area contributed by atoms with Crippen LogP contribution in [-0.2, 0) is 41.2 Å². The van der Waals surface area contributed by atoms with Gasteiger partial charge in [-0.15, -0.1) is 0 Å². The zero-order valence-electron chi connectivity index (χ0n) is 21.8. The summed E-state index contributed by atoms with van der Waals surface area (Å²) in [4.78, 5) is 11.2. The van der Waals surface area contributed by atoms with Crippen LogP contribution >= 0.6 is 127 Å². The maximum Gasteiger partial charge on any atom is 2.00 e. The van der Waals surface area contributed by atoms with Crippen LogP contribution in [0, 0.1) is 0 Å². The summed E-state index contributed by atoms with van der Waals surface area (Å²) in [5.41, 5.74) is -16.6. The second kappa shape index (κ2) is 13.7. The fourth-order valence-corrected chi connectivity index (χ4v) is 8.55. The van der Waals surface area contributed by atoms with E-state index in [-0.39, 0.29) is 16.5 Å². The molecule has 8 bridgehead atoms. The average Bonchev–Trinajstić information content (AvgIpc) is 3.55. The SMILES string of the molecule is FC(F)(F)c1c2nc(c(C(F)(F)F)c3[nH]c(c(Br)c3Br)c(C(F)(F)F)c3[nH]c(c(Br)c3Br)c(C(F)(F)F)c3nc1C(Br)=C3Br)C(Br)=C2Br.[Ni+2]. The zero-order valence-corrected chi connectivity index (χ0v) is 35.4. The first-order valence-corrected chi connectivity index (χ1v) is 18.0. The quantitative estimate of drug-likeness (QED) is 0.174. The Kier molecular flexibility index (Phi) is 11.7. The van der Waals surface area contributed by atoms with Crippen molar-refractivity contribution in [2.24, 2.45) is 0 Å². The molecule has 0 amide bonds. The summed E-state index contributed by atoms with van der Waals surface area (Å²) < 4.78 is 172. The minimum absolute atomic E-state index is 0. The van der Waals surface area contributed by atoms with Crippen molar-refractivity contribution in [2.75, 3.05) is 0 Å². The molecule has 0 unspecified atom stereocenters. The van der Waals surface area contributed by atoms with Gasteiger partial charge in [-0.2, -0.15) is 52.7 Å². The van der Waals surface area contributed by atoms with E-state index in [2.05, 4.69) is 137 Å². The van der Waals surface area contributed by atoms with Crippen molar-refractivity contribution in [3.05, 3.63) is 62.9 Å². The summed E-state index contributed by atoms with van der Waals surface area (Å²) in [5.74, 6) is 0. The molecular weight excluding hydrogens is 1270 g/mol. The van der Waals surface area contributed by atoms with E-state index >= 15 is 0 Å². The van der Waals surface area contributed by atoms with Crippen LogP contribution in [0.1, 0.15) is 45.0 Å². The van der Waals surface area contributed by atoms with E-state index < -0.39 is 128 Å². The molecule has 25 heteroatoms. The summed E-state index contributed by atoms with van der Waals surface area (Å²) in [5, 5.41) is 0. The van der Waals surface area contributed by atoms with E-state index in [1.807, 2.05) is 9.97 Å². The number of hydrogen-bond acceptors (Lipinski definition) is 2. The van der Waals surface area contributed by atoms with Crippen molar-refractivity contribution in [1.29, 1.82) is 0 Å². The third-order valence-corrected chi connectivity index (χ3v) is 14.9. The number of H-pyrrole nitrogens is 2. The van der Waals surface area contributed by atoms with Gasteiger partial charge < -0.3 is 9.97 Å². The average molecular weight is 1270 g/mol. The van der Waals surface area contributed by atoms with Gasteiger partial charge in [0.2, 0.25) is 0 Å². The Balaban J connectivity index is 0.00000541. The maximum absolute atomic E-state index is 14.8. The van der Waals surface area contributed by atoms with E-state index in [1.165, 1.54) is 0 Å². The van der Waals surface area contributed by atoms with Crippen molar-refractivity contribution >= 4 is 167 Å². The molecule has 0 atom stereocenters. The summed E-state index contributed by atoms with van der Waals surface area (Å²) in [7, 11) is 0. The molecule has 2 aliphatic heterocycles. The smallest absolute Gasteiger partial charge is 0.352 e. The molecule has 0 radical (unpaired) electrons. The number of nitrogens with one attached hydrogen (secondary N) is 2. The molecule has 0 saturated carbocycles. The van der Waals surface area contributed by atoms with Gasteiger partial charge in [-0.1, -0.05) is 0 Å². The second-order valence-corrected chi connectivity index (χ2v) is 15.7. The first kappa shape index (κ1) is 41.8. The normalized spacial score (nSPS) is 14.6. The Morgan fingerprint density at radius 3 is 0.776 bits per heavy atom. The minimum atomic E-state index is -5.51. The molecule has 266 valence electrons. The van der Waals surface area contributed by atoms with Crippen molar-refractivity contribution < 1.29 is 69.2 Å². The van der Waals surface area contributed by atoms with Crippen LogP contribution in [0.25, 0.3) is 40.0 Å². The summed E-state index contributed by atoms with van der Waals surface area (Å²) in [6.45, 7) is 0. The van der Waals surface area contributed by atoms with Crippen molar-refractivity contribution in [3.8, 4) is 0 Å². The van der Waals surface area contributed by atoms with Crippen molar-refractivity contribution in [3.63, 3.8) is 0 Å². The number of nitrogens with zero attached hydrogens (tertiary/aromatic N) is 2. The van der Waals surface area contributed by atoms with Crippen LogP contribution in [0.5, 0.6) is 0 Å². The van der Waals surface area contributed by atoms with Gasteiger partial charge in [-0.05, 0) is 127 Å². The molecule has 5 rings (SSSR count). The van der Waals surface area contributed by atoms with Crippen molar-refractivity contribution in [2.45, 2.75) is 24.7 Å².